The lowest BCUT2D eigenvalue weighted by Crippen LogP contribution is -2.41. The fourth-order valence-electron chi connectivity index (χ4n) is 2.44. The van der Waals surface area contributed by atoms with E-state index in [0.29, 0.717) is 4.91 Å². The number of nitrogens with zero attached hydrogens (tertiary/aromatic N) is 1. The number of hydrogen-bond acceptors (Lipinski definition) is 4. The van der Waals surface area contributed by atoms with E-state index in [2.05, 4.69) is 0 Å². The second-order valence-electron chi connectivity index (χ2n) is 5.13. The molecule has 1 amide bonds. The topological polar surface area (TPSA) is 57.6 Å². The third kappa shape index (κ3) is 2.87. The molecule has 1 heterocycles. The number of benzene rings is 2. The van der Waals surface area contributed by atoms with Gasteiger partial charge >= 0.3 is 5.97 Å². The highest BCUT2D eigenvalue weighted by Gasteiger charge is 2.38. The lowest BCUT2D eigenvalue weighted by Gasteiger charge is -2.18. The van der Waals surface area contributed by atoms with Crippen LogP contribution in [0.1, 0.15) is 12.5 Å². The summed E-state index contributed by atoms with van der Waals surface area (Å²) < 4.78 is 0.274. The highest BCUT2D eigenvalue weighted by molar-refractivity contribution is 8.26. The van der Waals surface area contributed by atoms with Gasteiger partial charge in [0, 0.05) is 0 Å². The molecule has 4 nitrogen and oxygen atoms in total. The minimum atomic E-state index is -1.08. The van der Waals surface area contributed by atoms with Gasteiger partial charge in [0.1, 0.15) is 10.4 Å². The maximum atomic E-state index is 12.5. The number of amides is 1. The van der Waals surface area contributed by atoms with Crippen molar-refractivity contribution in [2.75, 3.05) is 0 Å². The summed E-state index contributed by atoms with van der Waals surface area (Å²) in [6.45, 7) is 1.45. The van der Waals surface area contributed by atoms with Gasteiger partial charge in [0.25, 0.3) is 5.91 Å². The molecule has 1 saturated heterocycles. The molecular formula is C17H13NO3S2. The summed E-state index contributed by atoms with van der Waals surface area (Å²) in [7, 11) is 0. The van der Waals surface area contributed by atoms with E-state index >= 15 is 0 Å². The van der Waals surface area contributed by atoms with Gasteiger partial charge in [-0.25, -0.2) is 4.79 Å². The van der Waals surface area contributed by atoms with E-state index in [1.165, 1.54) is 6.92 Å². The fourth-order valence-corrected chi connectivity index (χ4v) is 3.85. The zero-order valence-corrected chi connectivity index (χ0v) is 13.9. The van der Waals surface area contributed by atoms with Crippen molar-refractivity contribution in [1.82, 2.24) is 4.90 Å². The standard InChI is InChI=1S/C17H13NO3S2/c1-10(16(20)21)18-15(19)14(23-17(18)22)9-12-7-4-6-11-5-2-3-8-13(11)12/h2-10H,1H3,(H,20,21)/b14-9-. The molecule has 0 spiro atoms. The molecule has 23 heavy (non-hydrogen) atoms. The van der Waals surface area contributed by atoms with E-state index in [0.717, 1.165) is 33.0 Å². The van der Waals surface area contributed by atoms with Gasteiger partial charge in [0.2, 0.25) is 0 Å². The summed E-state index contributed by atoms with van der Waals surface area (Å²) in [5.41, 5.74) is 0.909. The van der Waals surface area contributed by atoms with E-state index in [-0.39, 0.29) is 10.2 Å². The number of rotatable bonds is 3. The first-order valence-electron chi connectivity index (χ1n) is 6.96. The Kier molecular flexibility index (Phi) is 4.19. The molecule has 1 aliphatic heterocycles. The first kappa shape index (κ1) is 15.7. The Bertz CT molecular complexity index is 855. The second kappa shape index (κ2) is 6.14. The maximum absolute atomic E-state index is 12.5. The van der Waals surface area contributed by atoms with Gasteiger partial charge < -0.3 is 5.11 Å². The smallest absolute Gasteiger partial charge is 0.326 e. The number of hydrogen-bond donors (Lipinski definition) is 1. The molecule has 0 bridgehead atoms. The van der Waals surface area contributed by atoms with Crippen LogP contribution < -0.4 is 0 Å². The van der Waals surface area contributed by atoms with E-state index in [4.69, 9.17) is 17.3 Å². The van der Waals surface area contributed by atoms with Crippen molar-refractivity contribution in [3.63, 3.8) is 0 Å². The zero-order chi connectivity index (χ0) is 16.6. The number of fused-ring (bicyclic) bond motifs is 1. The van der Waals surface area contributed by atoms with Gasteiger partial charge in [0.05, 0.1) is 4.91 Å². The fraction of sp³-hybridized carbons (Fsp3) is 0.118. The highest BCUT2D eigenvalue weighted by Crippen LogP contribution is 2.35. The van der Waals surface area contributed by atoms with Gasteiger partial charge in [0.15, 0.2) is 0 Å². The molecule has 3 rings (SSSR count). The average Bonchev–Trinajstić information content (AvgIpc) is 2.81. The molecule has 0 saturated carbocycles. The number of thiocarbonyl (C=S) groups is 1. The molecule has 1 atom stereocenters. The third-order valence-corrected chi connectivity index (χ3v) is 5.01. The largest absolute Gasteiger partial charge is 0.480 e. The molecule has 2 aromatic carbocycles. The molecule has 1 N–H and O–H groups in total. The van der Waals surface area contributed by atoms with Crippen molar-refractivity contribution in [2.24, 2.45) is 0 Å². The molecule has 6 heteroatoms. The van der Waals surface area contributed by atoms with Crippen LogP contribution in [0.5, 0.6) is 0 Å². The van der Waals surface area contributed by atoms with Crippen molar-refractivity contribution in [3.8, 4) is 0 Å². The monoisotopic (exact) mass is 343 g/mol. The van der Waals surface area contributed by atoms with Gasteiger partial charge in [-0.2, -0.15) is 0 Å². The lowest BCUT2D eigenvalue weighted by atomic mass is 10.0. The first-order valence-corrected chi connectivity index (χ1v) is 8.19. The predicted molar refractivity (Wildman–Crippen MR) is 96.1 cm³/mol. The molecule has 116 valence electrons. The maximum Gasteiger partial charge on any atom is 0.326 e. The summed E-state index contributed by atoms with van der Waals surface area (Å²) in [6, 6.07) is 12.8. The van der Waals surface area contributed by atoms with Crippen molar-refractivity contribution in [1.29, 1.82) is 0 Å². The summed E-state index contributed by atoms with van der Waals surface area (Å²) in [6.07, 6.45) is 1.77. The van der Waals surface area contributed by atoms with Crippen LogP contribution >= 0.6 is 24.0 Å². The van der Waals surface area contributed by atoms with Crippen LogP contribution in [0.2, 0.25) is 0 Å². The number of carbonyl (C=O) groups excluding carboxylic acids is 1. The predicted octanol–water partition coefficient (Wildman–Crippen LogP) is 3.51. The van der Waals surface area contributed by atoms with E-state index in [1.807, 2.05) is 42.5 Å². The molecule has 1 fully saturated rings. The van der Waals surface area contributed by atoms with Crippen LogP contribution in [-0.2, 0) is 9.59 Å². The van der Waals surface area contributed by atoms with E-state index in [1.54, 1.807) is 6.08 Å². The minimum Gasteiger partial charge on any atom is -0.480 e. The number of thioether (sulfide) groups is 1. The molecule has 1 unspecified atom stereocenters. The van der Waals surface area contributed by atoms with Crippen molar-refractivity contribution >= 4 is 57.0 Å². The Morgan fingerprint density at radius 2 is 1.96 bits per heavy atom. The highest BCUT2D eigenvalue weighted by atomic mass is 32.2. The van der Waals surface area contributed by atoms with Crippen LogP contribution in [-0.4, -0.2) is 32.2 Å². The molecule has 0 aliphatic carbocycles. The van der Waals surface area contributed by atoms with Gasteiger partial charge in [-0.05, 0) is 29.3 Å². The Hall–Kier alpha value is -2.18. The summed E-state index contributed by atoms with van der Waals surface area (Å²) >= 11 is 6.30. The number of carbonyl (C=O) groups is 2. The molecular weight excluding hydrogens is 330 g/mol. The molecule has 0 radical (unpaired) electrons. The van der Waals surface area contributed by atoms with Crippen LogP contribution in [0.25, 0.3) is 16.8 Å². The van der Waals surface area contributed by atoms with Crippen LogP contribution in [0, 0.1) is 0 Å². The van der Waals surface area contributed by atoms with E-state index < -0.39 is 12.0 Å². The first-order chi connectivity index (χ1) is 11.0. The Labute approximate surface area is 142 Å². The Morgan fingerprint density at radius 3 is 2.70 bits per heavy atom. The normalized spacial score (nSPS) is 18.0. The van der Waals surface area contributed by atoms with Crippen LogP contribution in [0.3, 0.4) is 0 Å². The quantitative estimate of drug-likeness (QED) is 0.683. The average molecular weight is 343 g/mol. The van der Waals surface area contributed by atoms with Gasteiger partial charge in [-0.3, -0.25) is 9.69 Å². The van der Waals surface area contributed by atoms with Gasteiger partial charge in [-0.15, -0.1) is 0 Å². The SMILES string of the molecule is CC(C(=O)O)N1C(=O)/C(=C/c2cccc3ccccc23)SC1=S. The van der Waals surface area contributed by atoms with Crippen LogP contribution in [0.15, 0.2) is 47.4 Å². The van der Waals surface area contributed by atoms with Gasteiger partial charge in [-0.1, -0.05) is 66.4 Å². The zero-order valence-electron chi connectivity index (χ0n) is 12.2. The van der Waals surface area contributed by atoms with Crippen molar-refractivity contribution in [3.05, 3.63) is 52.9 Å². The molecule has 2 aromatic rings. The Balaban J connectivity index is 2.02. The molecule has 0 aromatic heterocycles. The summed E-state index contributed by atoms with van der Waals surface area (Å²) in [4.78, 5) is 25.2. The van der Waals surface area contributed by atoms with Crippen molar-refractivity contribution < 1.29 is 14.7 Å². The minimum absolute atomic E-state index is 0.274. The Morgan fingerprint density at radius 1 is 1.26 bits per heavy atom. The lowest BCUT2D eigenvalue weighted by molar-refractivity contribution is -0.144. The summed E-state index contributed by atoms with van der Waals surface area (Å²) in [5, 5.41) is 11.2. The third-order valence-electron chi connectivity index (χ3n) is 3.68. The van der Waals surface area contributed by atoms with Crippen molar-refractivity contribution in [2.45, 2.75) is 13.0 Å². The number of carboxylic acid groups (broad SMARTS) is 1. The van der Waals surface area contributed by atoms with Crippen LogP contribution in [0.4, 0.5) is 0 Å². The van der Waals surface area contributed by atoms with E-state index in [9.17, 15) is 9.59 Å². The second-order valence-corrected chi connectivity index (χ2v) is 6.81. The number of aliphatic carboxylic acids is 1. The molecule has 1 aliphatic rings. The summed E-state index contributed by atoms with van der Waals surface area (Å²) in [5.74, 6) is -1.43. The number of carboxylic acids is 1.